The van der Waals surface area contributed by atoms with Gasteiger partial charge in [0.15, 0.2) is 0 Å². The van der Waals surface area contributed by atoms with Crippen molar-refractivity contribution in [1.29, 1.82) is 5.26 Å². The summed E-state index contributed by atoms with van der Waals surface area (Å²) < 4.78 is 9.82. The second kappa shape index (κ2) is 8.85. The first-order valence-corrected chi connectivity index (χ1v) is 5.49. The van der Waals surface area contributed by atoms with E-state index in [1.54, 1.807) is 14.0 Å². The lowest BCUT2D eigenvalue weighted by molar-refractivity contribution is -0.147. The normalized spacial score (nSPS) is 11.8. The molecular formula is C9H15NO3S. The number of methoxy groups -OCH3 is 1. The number of ether oxygens (including phenoxy) is 2. The van der Waals surface area contributed by atoms with E-state index in [4.69, 9.17) is 14.7 Å². The Balaban J connectivity index is 3.41. The monoisotopic (exact) mass is 217 g/mol. The SMILES string of the molecule is COCC(C)OC(=O)CSCCC#N. The van der Waals surface area contributed by atoms with Gasteiger partial charge in [0.1, 0.15) is 6.10 Å². The van der Waals surface area contributed by atoms with Crippen LogP contribution >= 0.6 is 11.8 Å². The number of hydrogen-bond acceptors (Lipinski definition) is 5. The van der Waals surface area contributed by atoms with E-state index in [2.05, 4.69) is 0 Å². The standard InChI is InChI=1S/C9H15NO3S/c1-8(6-12-2)13-9(11)7-14-5-3-4-10/h8H,3,5-7H2,1-2H3. The summed E-state index contributed by atoms with van der Waals surface area (Å²) in [7, 11) is 1.56. The van der Waals surface area contributed by atoms with Crippen molar-refractivity contribution in [2.75, 3.05) is 25.2 Å². The number of esters is 1. The molecule has 14 heavy (non-hydrogen) atoms. The van der Waals surface area contributed by atoms with E-state index in [9.17, 15) is 4.79 Å². The maximum atomic E-state index is 11.1. The van der Waals surface area contributed by atoms with Gasteiger partial charge >= 0.3 is 5.97 Å². The van der Waals surface area contributed by atoms with Crippen molar-refractivity contribution < 1.29 is 14.3 Å². The molecule has 0 aliphatic rings. The Labute approximate surface area is 88.6 Å². The van der Waals surface area contributed by atoms with E-state index in [-0.39, 0.29) is 12.1 Å². The van der Waals surface area contributed by atoms with E-state index in [1.807, 2.05) is 6.07 Å². The molecule has 0 amide bonds. The summed E-state index contributed by atoms with van der Waals surface area (Å²) in [6.45, 7) is 2.19. The summed E-state index contributed by atoms with van der Waals surface area (Å²) in [6.07, 6.45) is 0.259. The molecule has 0 aromatic rings. The molecule has 0 aromatic heterocycles. The summed E-state index contributed by atoms with van der Waals surface area (Å²) >= 11 is 1.41. The van der Waals surface area contributed by atoms with Gasteiger partial charge in [0.25, 0.3) is 0 Å². The van der Waals surface area contributed by atoms with Gasteiger partial charge < -0.3 is 9.47 Å². The largest absolute Gasteiger partial charge is 0.460 e. The minimum absolute atomic E-state index is 0.205. The fraction of sp³-hybridized carbons (Fsp3) is 0.778. The van der Waals surface area contributed by atoms with Gasteiger partial charge in [-0.3, -0.25) is 4.79 Å². The van der Waals surface area contributed by atoms with Gasteiger partial charge in [-0.15, -0.1) is 11.8 Å². The van der Waals surface area contributed by atoms with Crippen molar-refractivity contribution in [2.24, 2.45) is 0 Å². The molecule has 0 saturated heterocycles. The fourth-order valence-corrected chi connectivity index (χ4v) is 1.42. The number of nitriles is 1. The van der Waals surface area contributed by atoms with Gasteiger partial charge in [-0.05, 0) is 6.92 Å². The molecule has 0 spiro atoms. The smallest absolute Gasteiger partial charge is 0.316 e. The van der Waals surface area contributed by atoms with Crippen LogP contribution in [-0.2, 0) is 14.3 Å². The van der Waals surface area contributed by atoms with Crippen LogP contribution in [0.15, 0.2) is 0 Å². The highest BCUT2D eigenvalue weighted by Crippen LogP contribution is 2.03. The van der Waals surface area contributed by atoms with Crippen LogP contribution in [0.1, 0.15) is 13.3 Å². The van der Waals surface area contributed by atoms with E-state index < -0.39 is 0 Å². The Bertz CT molecular complexity index is 203. The summed E-state index contributed by atoms with van der Waals surface area (Å²) in [4.78, 5) is 11.1. The van der Waals surface area contributed by atoms with Gasteiger partial charge in [0.05, 0.1) is 18.4 Å². The Kier molecular flexibility index (Phi) is 8.39. The number of hydrogen-bond donors (Lipinski definition) is 0. The highest BCUT2D eigenvalue weighted by atomic mass is 32.2. The second-order valence-electron chi connectivity index (χ2n) is 2.72. The molecule has 1 unspecified atom stereocenters. The van der Waals surface area contributed by atoms with Gasteiger partial charge in [-0.2, -0.15) is 5.26 Å². The van der Waals surface area contributed by atoms with Crippen LogP contribution in [0.2, 0.25) is 0 Å². The number of thioether (sulfide) groups is 1. The van der Waals surface area contributed by atoms with Gasteiger partial charge in [0, 0.05) is 19.3 Å². The third-order valence-electron chi connectivity index (χ3n) is 1.31. The highest BCUT2D eigenvalue weighted by molar-refractivity contribution is 7.99. The van der Waals surface area contributed by atoms with Crippen molar-refractivity contribution in [2.45, 2.75) is 19.4 Å². The van der Waals surface area contributed by atoms with Crippen LogP contribution in [0.5, 0.6) is 0 Å². The quantitative estimate of drug-likeness (QED) is 0.474. The average Bonchev–Trinajstić information content (AvgIpc) is 2.13. The minimum Gasteiger partial charge on any atom is -0.460 e. The maximum Gasteiger partial charge on any atom is 0.316 e. The Hall–Kier alpha value is -0.730. The third-order valence-corrected chi connectivity index (χ3v) is 2.24. The Morgan fingerprint density at radius 3 is 2.93 bits per heavy atom. The van der Waals surface area contributed by atoms with Crippen LogP contribution in [0.25, 0.3) is 0 Å². The van der Waals surface area contributed by atoms with Gasteiger partial charge in [-0.25, -0.2) is 0 Å². The van der Waals surface area contributed by atoms with Crippen LogP contribution in [0.4, 0.5) is 0 Å². The first-order chi connectivity index (χ1) is 6.70. The van der Waals surface area contributed by atoms with Crippen LogP contribution in [-0.4, -0.2) is 37.3 Å². The highest BCUT2D eigenvalue weighted by Gasteiger charge is 2.08. The molecule has 0 fully saturated rings. The molecule has 0 aromatic carbocycles. The van der Waals surface area contributed by atoms with Crippen molar-refractivity contribution in [3.8, 4) is 6.07 Å². The van der Waals surface area contributed by atoms with E-state index >= 15 is 0 Å². The topological polar surface area (TPSA) is 59.3 Å². The number of carbonyl (C=O) groups is 1. The molecule has 0 aliphatic heterocycles. The predicted octanol–water partition coefficient (Wildman–Crippen LogP) is 1.21. The maximum absolute atomic E-state index is 11.1. The lowest BCUT2D eigenvalue weighted by Crippen LogP contribution is -2.20. The van der Waals surface area contributed by atoms with E-state index in [1.165, 1.54) is 11.8 Å². The lowest BCUT2D eigenvalue weighted by atomic mass is 10.4. The zero-order chi connectivity index (χ0) is 10.8. The third kappa shape index (κ3) is 7.90. The molecule has 1 atom stereocenters. The first-order valence-electron chi connectivity index (χ1n) is 4.33. The molecule has 5 heteroatoms. The van der Waals surface area contributed by atoms with Crippen molar-refractivity contribution in [3.63, 3.8) is 0 Å². The summed E-state index contributed by atoms with van der Waals surface area (Å²) in [5.74, 6) is 0.720. The predicted molar refractivity (Wildman–Crippen MR) is 55.0 cm³/mol. The van der Waals surface area contributed by atoms with Crippen molar-refractivity contribution in [1.82, 2.24) is 0 Å². The molecule has 0 heterocycles. The van der Waals surface area contributed by atoms with E-state index in [0.717, 1.165) is 0 Å². The molecular weight excluding hydrogens is 202 g/mol. The summed E-state index contributed by atoms with van der Waals surface area (Å²) in [5, 5.41) is 8.25. The van der Waals surface area contributed by atoms with Crippen LogP contribution in [0, 0.1) is 11.3 Å². The second-order valence-corrected chi connectivity index (χ2v) is 3.82. The van der Waals surface area contributed by atoms with Gasteiger partial charge in [0.2, 0.25) is 0 Å². The molecule has 4 nitrogen and oxygen atoms in total. The zero-order valence-corrected chi connectivity index (χ0v) is 9.30. The molecule has 0 N–H and O–H groups in total. The molecule has 0 saturated carbocycles. The minimum atomic E-state index is -0.252. The Morgan fingerprint density at radius 1 is 1.64 bits per heavy atom. The number of carbonyl (C=O) groups excluding carboxylic acids is 1. The lowest BCUT2D eigenvalue weighted by Gasteiger charge is -2.11. The Morgan fingerprint density at radius 2 is 2.36 bits per heavy atom. The molecule has 0 rings (SSSR count). The summed E-state index contributed by atoms with van der Waals surface area (Å²) in [5.41, 5.74) is 0. The first kappa shape index (κ1) is 13.3. The van der Waals surface area contributed by atoms with E-state index in [0.29, 0.717) is 24.5 Å². The molecule has 80 valence electrons. The molecule has 0 radical (unpaired) electrons. The van der Waals surface area contributed by atoms with Crippen LogP contribution < -0.4 is 0 Å². The zero-order valence-electron chi connectivity index (χ0n) is 8.49. The number of nitrogens with zero attached hydrogens (tertiary/aromatic N) is 1. The van der Waals surface area contributed by atoms with Crippen molar-refractivity contribution >= 4 is 17.7 Å². The average molecular weight is 217 g/mol. The summed E-state index contributed by atoms with van der Waals surface area (Å²) in [6, 6.07) is 2.01. The van der Waals surface area contributed by atoms with Crippen LogP contribution in [0.3, 0.4) is 0 Å². The van der Waals surface area contributed by atoms with Crippen molar-refractivity contribution in [3.05, 3.63) is 0 Å². The molecule has 0 aliphatic carbocycles. The van der Waals surface area contributed by atoms with Gasteiger partial charge in [-0.1, -0.05) is 0 Å². The fourth-order valence-electron chi connectivity index (χ4n) is 0.800. The number of rotatable bonds is 7. The molecule has 0 bridgehead atoms.